The van der Waals surface area contributed by atoms with Gasteiger partial charge in [-0.15, -0.1) is 0 Å². The van der Waals surface area contributed by atoms with Gasteiger partial charge >= 0.3 is 0 Å². The van der Waals surface area contributed by atoms with E-state index in [9.17, 15) is 4.79 Å². The van der Waals surface area contributed by atoms with Gasteiger partial charge in [0.15, 0.2) is 0 Å². The smallest absolute Gasteiger partial charge is 0.224 e. The van der Waals surface area contributed by atoms with Gasteiger partial charge in [0, 0.05) is 12.1 Å². The zero-order valence-electron chi connectivity index (χ0n) is 6.05. The quantitative estimate of drug-likeness (QED) is 0.475. The summed E-state index contributed by atoms with van der Waals surface area (Å²) in [4.78, 5) is 11.0. The van der Waals surface area contributed by atoms with Crippen molar-refractivity contribution in [3.63, 3.8) is 0 Å². The number of amides is 1. The second kappa shape index (κ2) is 1.95. The Bertz CT molecular complexity index is 169. The summed E-state index contributed by atoms with van der Waals surface area (Å²) in [6.45, 7) is 3.04. The summed E-state index contributed by atoms with van der Waals surface area (Å²) in [6, 6.07) is 0.829. The topological polar surface area (TPSA) is 41.1 Å². The van der Waals surface area contributed by atoms with Crippen LogP contribution in [0.5, 0.6) is 0 Å². The van der Waals surface area contributed by atoms with Crippen molar-refractivity contribution in [2.75, 3.05) is 6.54 Å². The molecule has 1 amide bonds. The van der Waals surface area contributed by atoms with E-state index >= 15 is 0 Å². The van der Waals surface area contributed by atoms with Crippen LogP contribution in [-0.4, -0.2) is 24.5 Å². The van der Waals surface area contributed by atoms with E-state index in [0.717, 1.165) is 13.0 Å². The zero-order chi connectivity index (χ0) is 7.14. The average molecular weight is 140 g/mol. The number of carbonyl (C=O) groups is 1. The van der Waals surface area contributed by atoms with Crippen LogP contribution >= 0.6 is 0 Å². The summed E-state index contributed by atoms with van der Waals surface area (Å²) in [5.41, 5.74) is 0. The summed E-state index contributed by atoms with van der Waals surface area (Å²) in [5, 5.41) is 6.28. The number of hydrogen-bond donors (Lipinski definition) is 2. The Balaban J connectivity index is 2.16. The van der Waals surface area contributed by atoms with Gasteiger partial charge in [-0.3, -0.25) is 4.79 Å². The lowest BCUT2D eigenvalue weighted by Gasteiger charge is -2.09. The molecule has 2 rings (SSSR count). The summed E-state index contributed by atoms with van der Waals surface area (Å²) < 4.78 is 0. The second-order valence-electron chi connectivity index (χ2n) is 3.17. The molecule has 2 aliphatic rings. The molecule has 0 saturated carbocycles. The molecule has 2 heterocycles. The van der Waals surface area contributed by atoms with Crippen molar-refractivity contribution in [3.05, 3.63) is 0 Å². The van der Waals surface area contributed by atoms with E-state index in [1.54, 1.807) is 0 Å². The summed E-state index contributed by atoms with van der Waals surface area (Å²) >= 11 is 0. The molecule has 0 aliphatic carbocycles. The van der Waals surface area contributed by atoms with Gasteiger partial charge in [0.05, 0.1) is 5.92 Å². The largest absolute Gasteiger partial charge is 0.351 e. The van der Waals surface area contributed by atoms with Crippen molar-refractivity contribution in [2.24, 2.45) is 5.92 Å². The molecule has 3 heteroatoms. The maximum atomic E-state index is 11.0. The maximum Gasteiger partial charge on any atom is 0.224 e. The van der Waals surface area contributed by atoms with Crippen LogP contribution < -0.4 is 10.6 Å². The lowest BCUT2D eigenvalue weighted by molar-refractivity contribution is -0.122. The van der Waals surface area contributed by atoms with E-state index < -0.39 is 0 Å². The van der Waals surface area contributed by atoms with Gasteiger partial charge in [-0.25, -0.2) is 0 Å². The van der Waals surface area contributed by atoms with E-state index in [1.165, 1.54) is 0 Å². The Morgan fingerprint density at radius 3 is 3.10 bits per heavy atom. The van der Waals surface area contributed by atoms with Gasteiger partial charge in [-0.2, -0.15) is 0 Å². The predicted octanol–water partition coefficient (Wildman–Crippen LogP) is -0.517. The van der Waals surface area contributed by atoms with Crippen LogP contribution in [0.4, 0.5) is 0 Å². The highest BCUT2D eigenvalue weighted by atomic mass is 16.2. The highest BCUT2D eigenvalue weighted by Gasteiger charge is 2.41. The summed E-state index contributed by atoms with van der Waals surface area (Å²) in [7, 11) is 0. The molecule has 2 fully saturated rings. The molecular formula is C7H12N2O. The molecule has 2 saturated heterocycles. The molecule has 0 aromatic carbocycles. The third kappa shape index (κ3) is 0.669. The minimum atomic E-state index is 0.174. The van der Waals surface area contributed by atoms with Crippen LogP contribution in [0, 0.1) is 5.92 Å². The number of hydrogen-bond acceptors (Lipinski definition) is 2. The first kappa shape index (κ1) is 6.16. The normalized spacial score (nSPS) is 45.3. The number of fused-ring (bicyclic) bond motifs is 1. The van der Waals surface area contributed by atoms with Crippen molar-refractivity contribution in [1.29, 1.82) is 0 Å². The first-order valence-electron chi connectivity index (χ1n) is 3.83. The average Bonchev–Trinajstić information content (AvgIpc) is 2.41. The minimum absolute atomic E-state index is 0.174. The van der Waals surface area contributed by atoms with E-state index in [2.05, 4.69) is 10.6 Å². The van der Waals surface area contributed by atoms with Crippen LogP contribution in [-0.2, 0) is 4.79 Å². The third-order valence-corrected chi connectivity index (χ3v) is 2.55. The molecule has 10 heavy (non-hydrogen) atoms. The second-order valence-corrected chi connectivity index (χ2v) is 3.17. The molecule has 0 radical (unpaired) electrons. The standard InChI is InChI=1S/C7H12N2O/c1-4-6-5(2-3-8-6)9-7(4)10/h4-6,8H,2-3H2,1H3,(H,9,10)/t4-,5+,6-/m0/s1. The Kier molecular flexibility index (Phi) is 1.20. The van der Waals surface area contributed by atoms with Gasteiger partial charge in [0.1, 0.15) is 0 Å². The SMILES string of the molecule is C[C@@H]1C(=O)N[C@@H]2CCN[C@@H]12. The molecule has 0 spiro atoms. The third-order valence-electron chi connectivity index (χ3n) is 2.55. The lowest BCUT2D eigenvalue weighted by Crippen LogP contribution is -2.32. The molecular weight excluding hydrogens is 128 g/mol. The lowest BCUT2D eigenvalue weighted by atomic mass is 10.0. The fourth-order valence-corrected chi connectivity index (χ4v) is 1.89. The molecule has 3 atom stereocenters. The summed E-state index contributed by atoms with van der Waals surface area (Å²) in [5.74, 6) is 0.384. The Hall–Kier alpha value is -0.570. The predicted molar refractivity (Wildman–Crippen MR) is 37.5 cm³/mol. The fraction of sp³-hybridized carbons (Fsp3) is 0.857. The molecule has 56 valence electrons. The van der Waals surface area contributed by atoms with Crippen molar-refractivity contribution < 1.29 is 4.79 Å². The van der Waals surface area contributed by atoms with Crippen molar-refractivity contribution in [1.82, 2.24) is 10.6 Å². The zero-order valence-corrected chi connectivity index (χ0v) is 6.05. The van der Waals surface area contributed by atoms with Gasteiger partial charge in [0.25, 0.3) is 0 Å². The van der Waals surface area contributed by atoms with Crippen LogP contribution in [0.1, 0.15) is 13.3 Å². The van der Waals surface area contributed by atoms with Gasteiger partial charge in [0.2, 0.25) is 5.91 Å². The maximum absolute atomic E-state index is 11.0. The first-order valence-corrected chi connectivity index (χ1v) is 3.83. The van der Waals surface area contributed by atoms with Crippen molar-refractivity contribution in [3.8, 4) is 0 Å². The molecule has 2 aliphatic heterocycles. The Morgan fingerprint density at radius 1 is 1.60 bits per heavy atom. The molecule has 0 aromatic rings. The number of carbonyl (C=O) groups excluding carboxylic acids is 1. The van der Waals surface area contributed by atoms with Gasteiger partial charge in [-0.1, -0.05) is 6.92 Å². The Labute approximate surface area is 60.2 Å². The monoisotopic (exact) mass is 140 g/mol. The van der Waals surface area contributed by atoms with Gasteiger partial charge in [-0.05, 0) is 13.0 Å². The summed E-state index contributed by atoms with van der Waals surface area (Å²) in [6.07, 6.45) is 1.10. The number of nitrogens with one attached hydrogen (secondary N) is 2. The Morgan fingerprint density at radius 2 is 2.40 bits per heavy atom. The van der Waals surface area contributed by atoms with Crippen LogP contribution in [0.25, 0.3) is 0 Å². The van der Waals surface area contributed by atoms with E-state index in [1.807, 2.05) is 6.92 Å². The van der Waals surface area contributed by atoms with Gasteiger partial charge < -0.3 is 10.6 Å². The fourth-order valence-electron chi connectivity index (χ4n) is 1.89. The number of rotatable bonds is 0. The molecule has 2 N–H and O–H groups in total. The van der Waals surface area contributed by atoms with Crippen LogP contribution in [0.3, 0.4) is 0 Å². The van der Waals surface area contributed by atoms with Crippen LogP contribution in [0.15, 0.2) is 0 Å². The molecule has 3 nitrogen and oxygen atoms in total. The van der Waals surface area contributed by atoms with E-state index in [4.69, 9.17) is 0 Å². The van der Waals surface area contributed by atoms with E-state index in [-0.39, 0.29) is 11.8 Å². The van der Waals surface area contributed by atoms with Crippen LogP contribution in [0.2, 0.25) is 0 Å². The molecule has 0 unspecified atom stereocenters. The minimum Gasteiger partial charge on any atom is -0.351 e. The highest BCUT2D eigenvalue weighted by Crippen LogP contribution is 2.21. The molecule has 0 aromatic heterocycles. The molecule has 0 bridgehead atoms. The van der Waals surface area contributed by atoms with Crippen molar-refractivity contribution in [2.45, 2.75) is 25.4 Å². The van der Waals surface area contributed by atoms with Crippen molar-refractivity contribution >= 4 is 5.91 Å². The first-order chi connectivity index (χ1) is 4.79. The highest BCUT2D eigenvalue weighted by molar-refractivity contribution is 5.82. The van der Waals surface area contributed by atoms with E-state index in [0.29, 0.717) is 12.1 Å².